The van der Waals surface area contributed by atoms with Gasteiger partial charge < -0.3 is 24.8 Å². The smallest absolute Gasteiger partial charge is 0.260 e. The Morgan fingerprint density at radius 3 is 2.60 bits per heavy atom. The molecule has 3 rings (SSSR count). The molecule has 2 aromatic rings. The van der Waals surface area contributed by atoms with Crippen molar-refractivity contribution >= 4 is 11.8 Å². The number of nitrogens with two attached hydrogens (primary N) is 1. The van der Waals surface area contributed by atoms with Gasteiger partial charge in [0.05, 0.1) is 12.7 Å². The number of amides is 2. The normalized spacial score (nSPS) is 14.1. The SMILES string of the molecule is CCOC(Cc1ccc(CCCN2COc3cc(OC)ccc3C2=O)cc1)C(N)=O. The van der Waals surface area contributed by atoms with Crippen molar-refractivity contribution in [3.8, 4) is 11.5 Å². The summed E-state index contributed by atoms with van der Waals surface area (Å²) < 4.78 is 16.3. The highest BCUT2D eigenvalue weighted by Gasteiger charge is 2.25. The largest absolute Gasteiger partial charge is 0.497 e. The Morgan fingerprint density at radius 2 is 1.93 bits per heavy atom. The fraction of sp³-hybridized carbons (Fsp3) is 0.391. The highest BCUT2D eigenvalue weighted by molar-refractivity contribution is 5.97. The number of aryl methyl sites for hydroxylation is 1. The van der Waals surface area contributed by atoms with Gasteiger partial charge in [-0.2, -0.15) is 0 Å². The van der Waals surface area contributed by atoms with Crippen molar-refractivity contribution in [3.05, 3.63) is 59.2 Å². The van der Waals surface area contributed by atoms with E-state index in [-0.39, 0.29) is 12.6 Å². The summed E-state index contributed by atoms with van der Waals surface area (Å²) in [6.45, 7) is 3.14. The van der Waals surface area contributed by atoms with Crippen LogP contribution in [0.25, 0.3) is 0 Å². The first kappa shape index (κ1) is 21.6. The molecule has 0 aliphatic carbocycles. The van der Waals surface area contributed by atoms with Crippen LogP contribution in [0.4, 0.5) is 0 Å². The molecule has 2 amide bonds. The van der Waals surface area contributed by atoms with Crippen LogP contribution in [0.5, 0.6) is 11.5 Å². The van der Waals surface area contributed by atoms with E-state index >= 15 is 0 Å². The number of carbonyl (C=O) groups excluding carboxylic acids is 2. The van der Waals surface area contributed by atoms with Gasteiger partial charge in [0.2, 0.25) is 5.91 Å². The second-order valence-electron chi connectivity index (χ2n) is 7.17. The molecule has 160 valence electrons. The van der Waals surface area contributed by atoms with Crippen LogP contribution < -0.4 is 15.2 Å². The molecule has 1 aliphatic heterocycles. The predicted molar refractivity (Wildman–Crippen MR) is 113 cm³/mol. The summed E-state index contributed by atoms with van der Waals surface area (Å²) in [5, 5.41) is 0. The Bertz CT molecular complexity index is 882. The molecule has 7 nitrogen and oxygen atoms in total. The van der Waals surface area contributed by atoms with E-state index < -0.39 is 12.0 Å². The number of hydrogen-bond acceptors (Lipinski definition) is 5. The van der Waals surface area contributed by atoms with Crippen LogP contribution in [-0.2, 0) is 22.4 Å². The number of nitrogens with zero attached hydrogens (tertiary/aromatic N) is 1. The summed E-state index contributed by atoms with van der Waals surface area (Å²) in [6.07, 6.45) is 1.52. The van der Waals surface area contributed by atoms with Crippen LogP contribution in [0.2, 0.25) is 0 Å². The Morgan fingerprint density at radius 1 is 1.20 bits per heavy atom. The van der Waals surface area contributed by atoms with Gasteiger partial charge in [-0.05, 0) is 43.0 Å². The van der Waals surface area contributed by atoms with Gasteiger partial charge in [0.25, 0.3) is 5.91 Å². The number of carbonyl (C=O) groups is 2. The molecule has 2 aromatic carbocycles. The van der Waals surface area contributed by atoms with Gasteiger partial charge >= 0.3 is 0 Å². The topological polar surface area (TPSA) is 91.1 Å². The second kappa shape index (κ2) is 10.1. The van der Waals surface area contributed by atoms with Crippen molar-refractivity contribution in [2.45, 2.75) is 32.3 Å². The van der Waals surface area contributed by atoms with E-state index in [0.29, 0.717) is 36.6 Å². The highest BCUT2D eigenvalue weighted by atomic mass is 16.5. The molecule has 0 radical (unpaired) electrons. The molecule has 0 aromatic heterocycles. The lowest BCUT2D eigenvalue weighted by molar-refractivity contribution is -0.129. The maximum absolute atomic E-state index is 12.7. The third-order valence-electron chi connectivity index (χ3n) is 5.11. The number of primary amides is 1. The summed E-state index contributed by atoms with van der Waals surface area (Å²) in [6, 6.07) is 13.3. The number of rotatable bonds is 10. The van der Waals surface area contributed by atoms with Crippen LogP contribution in [0.3, 0.4) is 0 Å². The molecule has 0 fully saturated rings. The zero-order valence-corrected chi connectivity index (χ0v) is 17.4. The van der Waals surface area contributed by atoms with Crippen LogP contribution in [0, 0.1) is 0 Å². The Kier molecular flexibility index (Phi) is 7.30. The van der Waals surface area contributed by atoms with E-state index in [2.05, 4.69) is 0 Å². The summed E-state index contributed by atoms with van der Waals surface area (Å²) in [7, 11) is 1.58. The standard InChI is InChI=1S/C23H28N2O5/c1-3-29-21(22(24)26)13-17-8-6-16(7-9-17)5-4-12-25-15-30-20-14-18(28-2)10-11-19(20)23(25)27/h6-11,14,21H,3-5,12-13,15H2,1-2H3,(H2,24,26). The van der Waals surface area contributed by atoms with Crippen molar-refractivity contribution in [1.82, 2.24) is 4.90 Å². The Labute approximate surface area is 176 Å². The average Bonchev–Trinajstić information content (AvgIpc) is 2.75. The molecule has 1 heterocycles. The monoisotopic (exact) mass is 412 g/mol. The second-order valence-corrected chi connectivity index (χ2v) is 7.17. The van der Waals surface area contributed by atoms with E-state index in [1.54, 1.807) is 30.2 Å². The van der Waals surface area contributed by atoms with E-state index in [0.717, 1.165) is 18.4 Å². The lowest BCUT2D eigenvalue weighted by atomic mass is 10.0. The third kappa shape index (κ3) is 5.30. The predicted octanol–water partition coefficient (Wildman–Crippen LogP) is 2.55. The van der Waals surface area contributed by atoms with Gasteiger partial charge in [0.15, 0.2) is 6.73 Å². The fourth-order valence-electron chi connectivity index (χ4n) is 3.44. The lowest BCUT2D eigenvalue weighted by Crippen LogP contribution is -2.39. The maximum atomic E-state index is 12.7. The van der Waals surface area contributed by atoms with E-state index in [1.807, 2.05) is 31.2 Å². The zero-order valence-electron chi connectivity index (χ0n) is 17.4. The maximum Gasteiger partial charge on any atom is 0.260 e. The summed E-state index contributed by atoms with van der Waals surface area (Å²) >= 11 is 0. The first-order chi connectivity index (χ1) is 14.5. The molecular weight excluding hydrogens is 384 g/mol. The van der Waals surface area contributed by atoms with Gasteiger partial charge in [0, 0.05) is 25.6 Å². The van der Waals surface area contributed by atoms with E-state index in [9.17, 15) is 9.59 Å². The van der Waals surface area contributed by atoms with E-state index in [1.165, 1.54) is 5.56 Å². The molecule has 7 heteroatoms. The molecule has 1 unspecified atom stereocenters. The summed E-state index contributed by atoms with van der Waals surface area (Å²) in [4.78, 5) is 25.8. The molecule has 1 atom stereocenters. The van der Waals surface area contributed by atoms with Gasteiger partial charge in [-0.1, -0.05) is 24.3 Å². The Balaban J connectivity index is 1.50. The number of hydrogen-bond donors (Lipinski definition) is 1. The van der Waals surface area contributed by atoms with Crippen LogP contribution in [0.1, 0.15) is 34.8 Å². The highest BCUT2D eigenvalue weighted by Crippen LogP contribution is 2.29. The number of benzene rings is 2. The number of fused-ring (bicyclic) bond motifs is 1. The van der Waals surface area contributed by atoms with Gasteiger partial charge in [-0.25, -0.2) is 0 Å². The lowest BCUT2D eigenvalue weighted by Gasteiger charge is -2.29. The van der Waals surface area contributed by atoms with Crippen molar-refractivity contribution in [3.63, 3.8) is 0 Å². The molecule has 2 N–H and O–H groups in total. The minimum absolute atomic E-state index is 0.0253. The minimum Gasteiger partial charge on any atom is -0.497 e. The average molecular weight is 412 g/mol. The van der Waals surface area contributed by atoms with Crippen LogP contribution in [0.15, 0.2) is 42.5 Å². The number of ether oxygens (including phenoxy) is 3. The van der Waals surface area contributed by atoms with Crippen molar-refractivity contribution in [2.75, 3.05) is 27.0 Å². The number of methoxy groups -OCH3 is 1. The molecule has 0 saturated carbocycles. The first-order valence-corrected chi connectivity index (χ1v) is 10.1. The zero-order chi connectivity index (χ0) is 21.5. The molecule has 30 heavy (non-hydrogen) atoms. The fourth-order valence-corrected chi connectivity index (χ4v) is 3.44. The van der Waals surface area contributed by atoms with Crippen LogP contribution in [-0.4, -0.2) is 49.8 Å². The third-order valence-corrected chi connectivity index (χ3v) is 5.11. The van der Waals surface area contributed by atoms with Crippen molar-refractivity contribution < 1.29 is 23.8 Å². The van der Waals surface area contributed by atoms with E-state index in [4.69, 9.17) is 19.9 Å². The summed E-state index contributed by atoms with van der Waals surface area (Å²) in [5.41, 5.74) is 8.11. The first-order valence-electron chi connectivity index (χ1n) is 10.1. The molecule has 1 aliphatic rings. The molecule has 0 spiro atoms. The van der Waals surface area contributed by atoms with Gasteiger partial charge in [0.1, 0.15) is 17.6 Å². The van der Waals surface area contributed by atoms with Crippen molar-refractivity contribution in [1.29, 1.82) is 0 Å². The van der Waals surface area contributed by atoms with Gasteiger partial charge in [-0.15, -0.1) is 0 Å². The Hall–Kier alpha value is -3.06. The summed E-state index contributed by atoms with van der Waals surface area (Å²) in [5.74, 6) is 0.756. The van der Waals surface area contributed by atoms with Crippen LogP contribution >= 0.6 is 0 Å². The minimum atomic E-state index is -0.603. The quantitative estimate of drug-likeness (QED) is 0.648. The molecule has 0 saturated heterocycles. The van der Waals surface area contributed by atoms with Crippen molar-refractivity contribution in [2.24, 2.45) is 5.73 Å². The van der Waals surface area contributed by atoms with Gasteiger partial charge in [-0.3, -0.25) is 9.59 Å². The molecule has 0 bridgehead atoms. The molecular formula is C23H28N2O5.